The van der Waals surface area contributed by atoms with Gasteiger partial charge in [0.15, 0.2) is 0 Å². The van der Waals surface area contributed by atoms with E-state index in [0.29, 0.717) is 0 Å². The molecule has 0 aliphatic heterocycles. The van der Waals surface area contributed by atoms with Crippen LogP contribution < -0.4 is 5.32 Å². The first-order chi connectivity index (χ1) is 10.2. The molecule has 1 amide bonds. The maximum absolute atomic E-state index is 12.5. The Kier molecular flexibility index (Phi) is 5.45. The van der Waals surface area contributed by atoms with Gasteiger partial charge in [-0.25, -0.2) is 0 Å². The zero-order valence-corrected chi connectivity index (χ0v) is 13.5. The van der Waals surface area contributed by atoms with Gasteiger partial charge < -0.3 is 5.32 Å². The topological polar surface area (TPSA) is 29.1 Å². The van der Waals surface area contributed by atoms with Gasteiger partial charge in [0.2, 0.25) is 5.91 Å². The van der Waals surface area contributed by atoms with Crippen LogP contribution in [-0.2, 0) is 4.79 Å². The van der Waals surface area contributed by atoms with Gasteiger partial charge in [0, 0.05) is 10.6 Å². The first-order valence-corrected chi connectivity index (χ1v) is 8.38. The zero-order chi connectivity index (χ0) is 15.2. The fourth-order valence-corrected chi connectivity index (χ4v) is 3.02. The van der Waals surface area contributed by atoms with E-state index in [4.69, 9.17) is 0 Å². The van der Waals surface area contributed by atoms with Crippen LogP contribution in [0, 0.1) is 6.92 Å². The van der Waals surface area contributed by atoms with Crippen molar-refractivity contribution in [2.24, 2.45) is 0 Å². The lowest BCUT2D eigenvalue weighted by Gasteiger charge is -2.16. The Morgan fingerprint density at radius 2 is 1.90 bits per heavy atom. The molecule has 110 valence electrons. The van der Waals surface area contributed by atoms with E-state index in [-0.39, 0.29) is 11.8 Å². The molecule has 0 heterocycles. The minimum atomic E-state index is -0.106. The summed E-state index contributed by atoms with van der Waals surface area (Å²) in [7, 11) is 0. The average Bonchev–Trinajstić information content (AvgIpc) is 2.51. The molecule has 0 saturated heterocycles. The lowest BCUT2D eigenvalue weighted by molar-refractivity contribution is -0.117. The molecule has 1 atom stereocenters. The van der Waals surface area contributed by atoms with E-state index in [1.807, 2.05) is 61.7 Å². The van der Waals surface area contributed by atoms with Crippen LogP contribution in [0.5, 0.6) is 0 Å². The highest BCUT2D eigenvalue weighted by Gasteiger charge is 2.18. The summed E-state index contributed by atoms with van der Waals surface area (Å²) in [6.45, 7) is 4.12. The third-order valence-electron chi connectivity index (χ3n) is 3.60. The first kappa shape index (κ1) is 15.6. The molecule has 2 aromatic carbocycles. The number of rotatable bonds is 5. The second-order valence-electron chi connectivity index (χ2n) is 5.05. The molecular weight excluding hydrogens is 278 g/mol. The number of aryl methyl sites for hydroxylation is 1. The van der Waals surface area contributed by atoms with Gasteiger partial charge in [0.05, 0.1) is 5.92 Å². The largest absolute Gasteiger partial charge is 0.326 e. The van der Waals surface area contributed by atoms with Crippen LogP contribution in [0.2, 0.25) is 0 Å². The summed E-state index contributed by atoms with van der Waals surface area (Å²) in [5.41, 5.74) is 3.16. The monoisotopic (exact) mass is 299 g/mol. The van der Waals surface area contributed by atoms with Crippen molar-refractivity contribution in [3.63, 3.8) is 0 Å². The van der Waals surface area contributed by atoms with Gasteiger partial charge in [-0.05, 0) is 42.9 Å². The highest BCUT2D eigenvalue weighted by atomic mass is 32.2. The van der Waals surface area contributed by atoms with Gasteiger partial charge in [-0.1, -0.05) is 43.3 Å². The van der Waals surface area contributed by atoms with E-state index in [0.717, 1.165) is 17.7 Å². The van der Waals surface area contributed by atoms with Crippen molar-refractivity contribution in [1.82, 2.24) is 0 Å². The molecule has 2 aromatic rings. The Hall–Kier alpha value is -1.74. The number of benzene rings is 2. The number of hydrogen-bond acceptors (Lipinski definition) is 2. The highest BCUT2D eigenvalue weighted by Crippen LogP contribution is 2.26. The molecule has 0 bridgehead atoms. The molecule has 0 aromatic heterocycles. The van der Waals surface area contributed by atoms with Gasteiger partial charge in [0.1, 0.15) is 0 Å². The first-order valence-electron chi connectivity index (χ1n) is 7.16. The van der Waals surface area contributed by atoms with E-state index >= 15 is 0 Å². The van der Waals surface area contributed by atoms with Crippen molar-refractivity contribution in [3.05, 3.63) is 59.7 Å². The van der Waals surface area contributed by atoms with Crippen molar-refractivity contribution in [1.29, 1.82) is 0 Å². The maximum Gasteiger partial charge on any atom is 0.231 e. The number of hydrogen-bond donors (Lipinski definition) is 1. The molecule has 2 nitrogen and oxygen atoms in total. The van der Waals surface area contributed by atoms with E-state index in [9.17, 15) is 4.79 Å². The number of nitrogens with one attached hydrogen (secondary N) is 1. The van der Waals surface area contributed by atoms with Gasteiger partial charge >= 0.3 is 0 Å². The fourth-order valence-electron chi connectivity index (χ4n) is 2.38. The van der Waals surface area contributed by atoms with E-state index in [2.05, 4.69) is 12.2 Å². The van der Waals surface area contributed by atoms with E-state index in [1.165, 1.54) is 10.5 Å². The molecule has 1 unspecified atom stereocenters. The van der Waals surface area contributed by atoms with Crippen molar-refractivity contribution in [3.8, 4) is 0 Å². The van der Waals surface area contributed by atoms with Crippen LogP contribution in [0.15, 0.2) is 53.4 Å². The molecule has 1 N–H and O–H groups in total. The van der Waals surface area contributed by atoms with Gasteiger partial charge in [-0.15, -0.1) is 11.8 Å². The van der Waals surface area contributed by atoms with Crippen LogP contribution in [0.3, 0.4) is 0 Å². The van der Waals surface area contributed by atoms with Crippen LogP contribution in [0.25, 0.3) is 0 Å². The number of carbonyl (C=O) groups excluding carboxylic acids is 1. The minimum absolute atomic E-state index is 0.0552. The predicted octanol–water partition coefficient (Wildman–Crippen LogP) is 4.85. The summed E-state index contributed by atoms with van der Waals surface area (Å²) in [6, 6.07) is 16.0. The molecular formula is C18H21NOS. The Morgan fingerprint density at radius 3 is 2.52 bits per heavy atom. The summed E-state index contributed by atoms with van der Waals surface area (Å²) in [6.07, 6.45) is 2.84. The van der Waals surface area contributed by atoms with Crippen LogP contribution in [-0.4, -0.2) is 12.2 Å². The summed E-state index contributed by atoms with van der Waals surface area (Å²) >= 11 is 1.70. The lowest BCUT2D eigenvalue weighted by Crippen LogP contribution is -2.20. The Labute approximate surface area is 131 Å². The molecule has 3 heteroatoms. The standard InChI is InChI=1S/C18H21NOS/c1-4-16(14-8-6-5-7-9-14)18(20)19-15-11-10-13(2)17(12-15)21-3/h5-12,16H,4H2,1-3H3,(H,19,20). The molecule has 0 fully saturated rings. The molecule has 0 spiro atoms. The maximum atomic E-state index is 12.5. The van der Waals surface area contributed by atoms with Crippen LogP contribution in [0.4, 0.5) is 5.69 Å². The molecule has 0 aliphatic rings. The number of thioether (sulfide) groups is 1. The number of carbonyl (C=O) groups is 1. The fraction of sp³-hybridized carbons (Fsp3) is 0.278. The van der Waals surface area contributed by atoms with Crippen LogP contribution in [0.1, 0.15) is 30.4 Å². The van der Waals surface area contributed by atoms with Gasteiger partial charge in [-0.3, -0.25) is 4.79 Å². The average molecular weight is 299 g/mol. The summed E-state index contributed by atoms with van der Waals surface area (Å²) in [4.78, 5) is 13.7. The smallest absolute Gasteiger partial charge is 0.231 e. The molecule has 2 rings (SSSR count). The zero-order valence-electron chi connectivity index (χ0n) is 12.7. The highest BCUT2D eigenvalue weighted by molar-refractivity contribution is 7.98. The summed E-state index contributed by atoms with van der Waals surface area (Å²) in [5, 5.41) is 3.04. The predicted molar refractivity (Wildman–Crippen MR) is 91.1 cm³/mol. The molecule has 0 aliphatic carbocycles. The third kappa shape index (κ3) is 3.88. The Morgan fingerprint density at radius 1 is 1.19 bits per heavy atom. The third-order valence-corrected chi connectivity index (χ3v) is 4.48. The van der Waals surface area contributed by atoms with E-state index in [1.54, 1.807) is 11.8 Å². The van der Waals surface area contributed by atoms with Gasteiger partial charge in [-0.2, -0.15) is 0 Å². The van der Waals surface area contributed by atoms with Crippen molar-refractivity contribution in [2.75, 3.05) is 11.6 Å². The number of anilines is 1. The number of amides is 1. The second kappa shape index (κ2) is 7.32. The quantitative estimate of drug-likeness (QED) is 0.800. The Bertz CT molecular complexity index is 610. The van der Waals surface area contributed by atoms with Crippen molar-refractivity contribution >= 4 is 23.4 Å². The van der Waals surface area contributed by atoms with E-state index < -0.39 is 0 Å². The summed E-state index contributed by atoms with van der Waals surface area (Å²) in [5.74, 6) is -0.0511. The van der Waals surface area contributed by atoms with Crippen molar-refractivity contribution in [2.45, 2.75) is 31.1 Å². The Balaban J connectivity index is 2.16. The second-order valence-corrected chi connectivity index (χ2v) is 5.89. The SMILES string of the molecule is CCC(C(=O)Nc1ccc(C)c(SC)c1)c1ccccc1. The van der Waals surface area contributed by atoms with Crippen LogP contribution >= 0.6 is 11.8 Å². The minimum Gasteiger partial charge on any atom is -0.326 e. The summed E-state index contributed by atoms with van der Waals surface area (Å²) < 4.78 is 0. The molecule has 0 saturated carbocycles. The van der Waals surface area contributed by atoms with Gasteiger partial charge in [0.25, 0.3) is 0 Å². The lowest BCUT2D eigenvalue weighted by atomic mass is 9.95. The van der Waals surface area contributed by atoms with Crippen molar-refractivity contribution < 1.29 is 4.79 Å². The molecule has 21 heavy (non-hydrogen) atoms. The normalized spacial score (nSPS) is 12.0. The molecule has 0 radical (unpaired) electrons.